The molecule has 0 saturated carbocycles. The Hall–Kier alpha value is -3.12. The van der Waals surface area contributed by atoms with Gasteiger partial charge >= 0.3 is 0 Å². The summed E-state index contributed by atoms with van der Waals surface area (Å²) in [6.45, 7) is 0.666. The average molecular weight is 317 g/mol. The van der Waals surface area contributed by atoms with Gasteiger partial charge in [0.1, 0.15) is 23.6 Å². The van der Waals surface area contributed by atoms with Gasteiger partial charge < -0.3 is 9.67 Å². The van der Waals surface area contributed by atoms with Crippen molar-refractivity contribution in [1.29, 1.82) is 0 Å². The molecule has 4 aromatic rings. The zero-order valence-corrected chi connectivity index (χ0v) is 12.8. The van der Waals surface area contributed by atoms with E-state index < -0.39 is 6.10 Å². The first-order valence-electron chi connectivity index (χ1n) is 7.60. The van der Waals surface area contributed by atoms with E-state index in [2.05, 4.69) is 32.1 Å². The minimum Gasteiger partial charge on any atom is -0.382 e. The Bertz CT molecular complexity index is 953. The molecule has 0 saturated heterocycles. The highest BCUT2D eigenvalue weighted by Gasteiger charge is 2.18. The van der Waals surface area contributed by atoms with Crippen molar-refractivity contribution in [3.05, 3.63) is 84.3 Å². The Kier molecular flexibility index (Phi) is 3.72. The summed E-state index contributed by atoms with van der Waals surface area (Å²) in [5, 5.41) is 10.6. The number of imidazole rings is 1. The van der Waals surface area contributed by atoms with Crippen molar-refractivity contribution < 1.29 is 5.11 Å². The van der Waals surface area contributed by atoms with E-state index in [1.54, 1.807) is 30.9 Å². The van der Waals surface area contributed by atoms with E-state index >= 15 is 0 Å². The summed E-state index contributed by atoms with van der Waals surface area (Å²) in [7, 11) is 0. The van der Waals surface area contributed by atoms with E-state index in [1.165, 1.54) is 6.33 Å². The largest absolute Gasteiger partial charge is 0.382 e. The Balaban J connectivity index is 1.74. The second-order valence-corrected chi connectivity index (χ2v) is 5.47. The van der Waals surface area contributed by atoms with Crippen LogP contribution in [0.3, 0.4) is 0 Å². The van der Waals surface area contributed by atoms with E-state index in [1.807, 2.05) is 22.8 Å². The molecule has 0 spiro atoms. The van der Waals surface area contributed by atoms with Crippen molar-refractivity contribution >= 4 is 11.2 Å². The van der Waals surface area contributed by atoms with Crippen LogP contribution >= 0.6 is 0 Å². The summed E-state index contributed by atoms with van der Waals surface area (Å²) in [6, 6.07) is 13.6. The molecule has 0 fully saturated rings. The summed E-state index contributed by atoms with van der Waals surface area (Å²) < 4.78 is 1.95. The molecule has 1 aromatic carbocycles. The van der Waals surface area contributed by atoms with Crippen LogP contribution in [0.5, 0.6) is 0 Å². The highest BCUT2D eigenvalue weighted by molar-refractivity contribution is 5.74. The zero-order chi connectivity index (χ0) is 16.4. The van der Waals surface area contributed by atoms with E-state index in [4.69, 9.17) is 0 Å². The van der Waals surface area contributed by atoms with Crippen molar-refractivity contribution in [2.45, 2.75) is 12.6 Å². The van der Waals surface area contributed by atoms with Gasteiger partial charge in [0.25, 0.3) is 0 Å². The van der Waals surface area contributed by atoms with Gasteiger partial charge in [-0.2, -0.15) is 0 Å². The first kappa shape index (κ1) is 14.5. The second-order valence-electron chi connectivity index (χ2n) is 5.47. The number of rotatable bonds is 4. The van der Waals surface area contributed by atoms with Crippen LogP contribution in [0.1, 0.15) is 22.9 Å². The normalized spacial score (nSPS) is 12.4. The van der Waals surface area contributed by atoms with E-state index in [0.29, 0.717) is 23.4 Å². The van der Waals surface area contributed by atoms with Crippen molar-refractivity contribution in [3.8, 4) is 0 Å². The number of fused-ring (bicyclic) bond motifs is 1. The van der Waals surface area contributed by atoms with Crippen LogP contribution in [-0.4, -0.2) is 29.6 Å². The van der Waals surface area contributed by atoms with E-state index in [-0.39, 0.29) is 0 Å². The van der Waals surface area contributed by atoms with Gasteiger partial charge in [0.05, 0.1) is 12.9 Å². The van der Waals surface area contributed by atoms with Gasteiger partial charge in [0, 0.05) is 12.4 Å². The van der Waals surface area contributed by atoms with E-state index in [9.17, 15) is 5.11 Å². The molecule has 0 radical (unpaired) electrons. The molecule has 6 heteroatoms. The predicted octanol–water partition coefficient (Wildman–Crippen LogP) is 2.35. The van der Waals surface area contributed by atoms with Crippen LogP contribution in [0.2, 0.25) is 0 Å². The monoisotopic (exact) mass is 317 g/mol. The van der Waals surface area contributed by atoms with Crippen molar-refractivity contribution in [3.63, 3.8) is 0 Å². The smallest absolute Gasteiger partial charge is 0.163 e. The number of aromatic nitrogens is 5. The summed E-state index contributed by atoms with van der Waals surface area (Å²) in [5.74, 6) is 0. The minimum absolute atomic E-state index is 0.498. The van der Waals surface area contributed by atoms with Crippen LogP contribution in [0.4, 0.5) is 0 Å². The molecule has 118 valence electrons. The molecular weight excluding hydrogens is 302 g/mol. The fourth-order valence-corrected chi connectivity index (χ4v) is 2.70. The van der Waals surface area contributed by atoms with Gasteiger partial charge in [-0.1, -0.05) is 30.3 Å². The molecule has 0 aliphatic rings. The van der Waals surface area contributed by atoms with Gasteiger partial charge in [-0.3, -0.25) is 4.98 Å². The molecule has 0 aliphatic heterocycles. The van der Waals surface area contributed by atoms with Gasteiger partial charge in [0.15, 0.2) is 5.65 Å². The SMILES string of the molecule is OC(c1ccncc1)c1ncnc2c1ncn2Cc1ccccc1. The van der Waals surface area contributed by atoms with Gasteiger partial charge in [-0.05, 0) is 23.3 Å². The summed E-state index contributed by atoms with van der Waals surface area (Å²) in [5.41, 5.74) is 3.70. The number of pyridine rings is 1. The number of aliphatic hydroxyl groups excluding tert-OH is 1. The third-order valence-corrected chi connectivity index (χ3v) is 3.91. The molecular formula is C18H15N5O. The molecule has 4 rings (SSSR count). The predicted molar refractivity (Wildman–Crippen MR) is 89.2 cm³/mol. The van der Waals surface area contributed by atoms with Crippen LogP contribution in [0, 0.1) is 0 Å². The fraction of sp³-hybridized carbons (Fsp3) is 0.111. The Labute approximate surface area is 138 Å². The highest BCUT2D eigenvalue weighted by Crippen LogP contribution is 2.25. The minimum atomic E-state index is -0.862. The number of benzene rings is 1. The molecule has 3 aromatic heterocycles. The van der Waals surface area contributed by atoms with Gasteiger partial charge in [-0.15, -0.1) is 0 Å². The topological polar surface area (TPSA) is 76.7 Å². The lowest BCUT2D eigenvalue weighted by molar-refractivity contribution is 0.216. The Morgan fingerprint density at radius 1 is 0.958 bits per heavy atom. The highest BCUT2D eigenvalue weighted by atomic mass is 16.3. The van der Waals surface area contributed by atoms with Crippen LogP contribution in [-0.2, 0) is 6.54 Å². The maximum absolute atomic E-state index is 10.6. The van der Waals surface area contributed by atoms with Gasteiger partial charge in [-0.25, -0.2) is 15.0 Å². The molecule has 0 aliphatic carbocycles. The zero-order valence-electron chi connectivity index (χ0n) is 12.8. The third kappa shape index (κ3) is 2.63. The third-order valence-electron chi connectivity index (χ3n) is 3.91. The second kappa shape index (κ2) is 6.17. The Morgan fingerprint density at radius 2 is 1.75 bits per heavy atom. The summed E-state index contributed by atoms with van der Waals surface area (Å²) in [4.78, 5) is 17.0. The molecule has 0 bridgehead atoms. The molecule has 1 atom stereocenters. The van der Waals surface area contributed by atoms with Crippen molar-refractivity contribution in [1.82, 2.24) is 24.5 Å². The lowest BCUT2D eigenvalue weighted by Crippen LogP contribution is -2.05. The molecule has 1 unspecified atom stereocenters. The standard InChI is InChI=1S/C18H15N5O/c24-17(14-6-8-19-9-7-14)15-16-18(21-11-20-15)23(12-22-16)10-13-4-2-1-3-5-13/h1-9,11-12,17,24H,10H2. The number of nitrogens with zero attached hydrogens (tertiary/aromatic N) is 5. The fourth-order valence-electron chi connectivity index (χ4n) is 2.70. The molecule has 1 N–H and O–H groups in total. The first-order valence-corrected chi connectivity index (χ1v) is 7.60. The lowest BCUT2D eigenvalue weighted by atomic mass is 10.1. The molecule has 0 amide bonds. The maximum atomic E-state index is 10.6. The van der Waals surface area contributed by atoms with Crippen LogP contribution in [0.25, 0.3) is 11.2 Å². The average Bonchev–Trinajstić information content (AvgIpc) is 3.06. The van der Waals surface area contributed by atoms with Gasteiger partial charge in [0.2, 0.25) is 0 Å². The van der Waals surface area contributed by atoms with Crippen LogP contribution in [0.15, 0.2) is 67.5 Å². The summed E-state index contributed by atoms with van der Waals surface area (Å²) >= 11 is 0. The molecule has 3 heterocycles. The lowest BCUT2D eigenvalue weighted by Gasteiger charge is -2.10. The summed E-state index contributed by atoms with van der Waals surface area (Å²) in [6.07, 6.45) is 5.62. The molecule has 6 nitrogen and oxygen atoms in total. The Morgan fingerprint density at radius 3 is 2.54 bits per heavy atom. The van der Waals surface area contributed by atoms with Crippen LogP contribution < -0.4 is 0 Å². The van der Waals surface area contributed by atoms with E-state index in [0.717, 1.165) is 11.1 Å². The number of hydrogen-bond acceptors (Lipinski definition) is 5. The molecule has 24 heavy (non-hydrogen) atoms. The first-order chi connectivity index (χ1) is 11.8. The van der Waals surface area contributed by atoms with Crippen molar-refractivity contribution in [2.24, 2.45) is 0 Å². The number of hydrogen-bond donors (Lipinski definition) is 1. The maximum Gasteiger partial charge on any atom is 0.163 e. The quantitative estimate of drug-likeness (QED) is 0.625. The number of aliphatic hydroxyl groups is 1. The van der Waals surface area contributed by atoms with Crippen molar-refractivity contribution in [2.75, 3.05) is 0 Å².